The van der Waals surface area contributed by atoms with E-state index < -0.39 is 16.2 Å². The van der Waals surface area contributed by atoms with Gasteiger partial charge in [-0.05, 0) is 12.2 Å². The largest absolute Gasteiger partial charge is 0.355 e. The molecule has 0 aromatic rings. The molecule has 2 amide bonds. The van der Waals surface area contributed by atoms with Crippen LogP contribution in [0.25, 0.3) is 0 Å². The molecule has 8 nitrogen and oxygen atoms in total. The number of hydrogen-bond donors (Lipinski definition) is 4. The monoisotopic (exact) mass is 327 g/mol. The second-order valence-electron chi connectivity index (χ2n) is 4.09. The Morgan fingerprint density at radius 2 is 1.90 bits per heavy atom. The van der Waals surface area contributed by atoms with Gasteiger partial charge in [0.15, 0.2) is 0 Å². The Bertz CT molecular complexity index is 413. The molecule has 0 heterocycles. The summed E-state index contributed by atoms with van der Waals surface area (Å²) in [7, 11) is -3.92. The molecule has 0 fully saturated rings. The van der Waals surface area contributed by atoms with Crippen molar-refractivity contribution in [2.24, 2.45) is 5.73 Å². The maximum atomic E-state index is 11.5. The summed E-state index contributed by atoms with van der Waals surface area (Å²) >= 11 is 1.34. The molecule has 0 bridgehead atoms. The summed E-state index contributed by atoms with van der Waals surface area (Å²) in [4.78, 5) is 22.1. The second-order valence-corrected chi connectivity index (χ2v) is 6.82. The van der Waals surface area contributed by atoms with Crippen molar-refractivity contribution in [3.05, 3.63) is 0 Å². The standard InChI is InChI=1S/C10H21N3O5S2/c1-8(14)12-3-4-13-10(15)9(11)7-19-5-2-6-20(16,17)18/h9H,2-7,11H2,1H3,(H,12,14)(H,13,15)(H,16,17,18). The molecule has 0 saturated carbocycles. The molecular weight excluding hydrogens is 306 g/mol. The van der Waals surface area contributed by atoms with E-state index in [4.69, 9.17) is 10.3 Å². The number of carbonyl (C=O) groups excluding carboxylic acids is 2. The molecule has 0 aliphatic heterocycles. The smallest absolute Gasteiger partial charge is 0.264 e. The van der Waals surface area contributed by atoms with Crippen LogP contribution in [0.3, 0.4) is 0 Å². The van der Waals surface area contributed by atoms with Gasteiger partial charge < -0.3 is 16.4 Å². The number of amides is 2. The average molecular weight is 327 g/mol. The van der Waals surface area contributed by atoms with E-state index in [1.807, 2.05) is 0 Å². The summed E-state index contributed by atoms with van der Waals surface area (Å²) in [6.07, 6.45) is 0.306. The van der Waals surface area contributed by atoms with E-state index in [-0.39, 0.29) is 17.6 Å². The van der Waals surface area contributed by atoms with Gasteiger partial charge in [-0.1, -0.05) is 0 Å². The van der Waals surface area contributed by atoms with E-state index in [9.17, 15) is 18.0 Å². The van der Waals surface area contributed by atoms with Crippen LogP contribution in [0, 0.1) is 0 Å². The van der Waals surface area contributed by atoms with Crippen molar-refractivity contribution in [2.75, 3.05) is 30.3 Å². The van der Waals surface area contributed by atoms with Gasteiger partial charge in [-0.2, -0.15) is 20.2 Å². The van der Waals surface area contributed by atoms with Gasteiger partial charge in [0.1, 0.15) is 0 Å². The lowest BCUT2D eigenvalue weighted by molar-refractivity contribution is -0.122. The van der Waals surface area contributed by atoms with Gasteiger partial charge in [-0.25, -0.2) is 0 Å². The van der Waals surface area contributed by atoms with Gasteiger partial charge in [-0.15, -0.1) is 0 Å². The van der Waals surface area contributed by atoms with Crippen molar-refractivity contribution in [1.29, 1.82) is 0 Å². The third-order valence-electron chi connectivity index (χ3n) is 2.12. The topological polar surface area (TPSA) is 139 Å². The van der Waals surface area contributed by atoms with Crippen LogP contribution in [-0.2, 0) is 19.7 Å². The number of carbonyl (C=O) groups is 2. The summed E-state index contributed by atoms with van der Waals surface area (Å²) in [6, 6.07) is -0.692. The molecule has 0 aromatic carbocycles. The van der Waals surface area contributed by atoms with Crippen LogP contribution in [-0.4, -0.2) is 61.2 Å². The van der Waals surface area contributed by atoms with Gasteiger partial charge in [0, 0.05) is 25.8 Å². The minimum absolute atomic E-state index is 0.169. The van der Waals surface area contributed by atoms with E-state index in [2.05, 4.69) is 10.6 Å². The molecule has 0 aromatic heterocycles. The fourth-order valence-electron chi connectivity index (χ4n) is 1.18. The second kappa shape index (κ2) is 9.97. The molecular formula is C10H21N3O5S2. The molecule has 10 heteroatoms. The highest BCUT2D eigenvalue weighted by Gasteiger charge is 2.12. The van der Waals surface area contributed by atoms with Gasteiger partial charge in [0.05, 0.1) is 11.8 Å². The maximum Gasteiger partial charge on any atom is 0.264 e. The zero-order chi connectivity index (χ0) is 15.6. The molecule has 118 valence electrons. The third-order valence-corrected chi connectivity index (χ3v) is 4.10. The van der Waals surface area contributed by atoms with E-state index >= 15 is 0 Å². The van der Waals surface area contributed by atoms with Crippen LogP contribution in [0.2, 0.25) is 0 Å². The Morgan fingerprint density at radius 3 is 2.45 bits per heavy atom. The SMILES string of the molecule is CC(=O)NCCNC(=O)C(N)CSCCCS(=O)(=O)O. The summed E-state index contributed by atoms with van der Waals surface area (Å²) in [6.45, 7) is 2.03. The molecule has 0 aliphatic carbocycles. The number of nitrogens with two attached hydrogens (primary N) is 1. The molecule has 20 heavy (non-hydrogen) atoms. The van der Waals surface area contributed by atoms with Crippen molar-refractivity contribution < 1.29 is 22.6 Å². The van der Waals surface area contributed by atoms with Crippen LogP contribution < -0.4 is 16.4 Å². The predicted molar refractivity (Wildman–Crippen MR) is 78.0 cm³/mol. The van der Waals surface area contributed by atoms with Gasteiger partial charge >= 0.3 is 0 Å². The summed E-state index contributed by atoms with van der Waals surface area (Å²) in [5, 5.41) is 5.11. The fraction of sp³-hybridized carbons (Fsp3) is 0.800. The number of rotatable bonds is 10. The molecule has 0 spiro atoms. The Labute approximate surface area is 123 Å². The minimum Gasteiger partial charge on any atom is -0.355 e. The fourth-order valence-corrected chi connectivity index (χ4v) is 2.80. The first kappa shape index (κ1) is 19.2. The van der Waals surface area contributed by atoms with E-state index in [0.29, 0.717) is 31.0 Å². The Kier molecular flexibility index (Phi) is 9.55. The van der Waals surface area contributed by atoms with Crippen LogP contribution in [0.15, 0.2) is 0 Å². The lowest BCUT2D eigenvalue weighted by atomic mass is 10.3. The lowest BCUT2D eigenvalue weighted by Crippen LogP contribution is -2.44. The summed E-state index contributed by atoms with van der Waals surface area (Å²) in [5.74, 6) is 0.0676. The lowest BCUT2D eigenvalue weighted by Gasteiger charge is -2.12. The van der Waals surface area contributed by atoms with Gasteiger partial charge in [0.25, 0.3) is 10.1 Å². The third kappa shape index (κ3) is 12.2. The highest BCUT2D eigenvalue weighted by molar-refractivity contribution is 7.99. The zero-order valence-electron chi connectivity index (χ0n) is 11.3. The van der Waals surface area contributed by atoms with Crippen molar-refractivity contribution in [3.63, 3.8) is 0 Å². The zero-order valence-corrected chi connectivity index (χ0v) is 12.9. The highest BCUT2D eigenvalue weighted by Crippen LogP contribution is 2.05. The van der Waals surface area contributed by atoms with Crippen molar-refractivity contribution >= 4 is 33.7 Å². The Balaban J connectivity index is 3.62. The minimum atomic E-state index is -3.92. The van der Waals surface area contributed by atoms with Gasteiger partial charge in [-0.3, -0.25) is 14.1 Å². The normalized spacial score (nSPS) is 12.8. The number of nitrogens with one attached hydrogen (secondary N) is 2. The molecule has 1 atom stereocenters. The first-order valence-corrected chi connectivity index (χ1v) is 8.79. The quantitative estimate of drug-likeness (QED) is 0.285. The first-order valence-electron chi connectivity index (χ1n) is 6.03. The van der Waals surface area contributed by atoms with E-state index in [1.54, 1.807) is 0 Å². The number of hydrogen-bond acceptors (Lipinski definition) is 6. The van der Waals surface area contributed by atoms with Crippen LogP contribution in [0.1, 0.15) is 13.3 Å². The first-order chi connectivity index (χ1) is 9.22. The number of thioether (sulfide) groups is 1. The van der Waals surface area contributed by atoms with Crippen LogP contribution in [0.4, 0.5) is 0 Å². The molecule has 0 radical (unpaired) electrons. The molecule has 0 rings (SSSR count). The van der Waals surface area contributed by atoms with Crippen LogP contribution >= 0.6 is 11.8 Å². The van der Waals surface area contributed by atoms with E-state index in [1.165, 1.54) is 18.7 Å². The van der Waals surface area contributed by atoms with E-state index in [0.717, 1.165) is 0 Å². The van der Waals surface area contributed by atoms with Crippen molar-refractivity contribution in [3.8, 4) is 0 Å². The molecule has 0 saturated heterocycles. The summed E-state index contributed by atoms with van der Waals surface area (Å²) < 4.78 is 29.4. The highest BCUT2D eigenvalue weighted by atomic mass is 32.2. The Morgan fingerprint density at radius 1 is 1.30 bits per heavy atom. The Hall–Kier alpha value is -0.840. The van der Waals surface area contributed by atoms with Crippen molar-refractivity contribution in [2.45, 2.75) is 19.4 Å². The maximum absolute atomic E-state index is 11.5. The van der Waals surface area contributed by atoms with Gasteiger partial charge in [0.2, 0.25) is 11.8 Å². The van der Waals surface area contributed by atoms with Crippen molar-refractivity contribution in [1.82, 2.24) is 10.6 Å². The average Bonchev–Trinajstić information content (AvgIpc) is 2.32. The predicted octanol–water partition coefficient (Wildman–Crippen LogP) is -1.42. The van der Waals surface area contributed by atoms with Crippen LogP contribution in [0.5, 0.6) is 0 Å². The summed E-state index contributed by atoms with van der Waals surface area (Å²) in [5.41, 5.74) is 5.64. The molecule has 0 aliphatic rings. The molecule has 1 unspecified atom stereocenters. The molecule has 5 N–H and O–H groups in total.